The molecule has 116 valence electrons. The molecule has 0 radical (unpaired) electrons. The molecule has 0 unspecified atom stereocenters. The number of nitrogens with one attached hydrogen (secondary N) is 1. The van der Waals surface area contributed by atoms with E-state index < -0.39 is 5.97 Å². The summed E-state index contributed by atoms with van der Waals surface area (Å²) in [4.78, 5) is 26.3. The van der Waals surface area contributed by atoms with E-state index in [0.29, 0.717) is 25.3 Å². The SMILES string of the molecule is CN1CCC(CN(C)C(=O)NCCCCC(=O)O)CC1. The van der Waals surface area contributed by atoms with Gasteiger partial charge in [-0.1, -0.05) is 0 Å². The van der Waals surface area contributed by atoms with Crippen LogP contribution in [0.25, 0.3) is 0 Å². The minimum Gasteiger partial charge on any atom is -0.481 e. The standard InChI is InChI=1S/C14H27N3O3/c1-16-9-6-12(7-10-16)11-17(2)14(20)15-8-4-3-5-13(18)19/h12H,3-11H2,1-2H3,(H,15,20)(H,18,19). The fourth-order valence-corrected chi connectivity index (χ4v) is 2.45. The number of likely N-dealkylation sites (tertiary alicyclic amines) is 1. The zero-order valence-electron chi connectivity index (χ0n) is 12.6. The Morgan fingerprint density at radius 2 is 1.95 bits per heavy atom. The molecule has 1 saturated heterocycles. The van der Waals surface area contributed by atoms with Gasteiger partial charge in [0.2, 0.25) is 0 Å². The second-order valence-corrected chi connectivity index (χ2v) is 5.71. The molecular formula is C14H27N3O3. The summed E-state index contributed by atoms with van der Waals surface area (Å²) in [6.45, 7) is 3.56. The van der Waals surface area contributed by atoms with E-state index in [-0.39, 0.29) is 12.5 Å². The quantitative estimate of drug-likeness (QED) is 0.690. The molecule has 0 aliphatic carbocycles. The molecule has 6 heteroatoms. The minimum absolute atomic E-state index is 0.0562. The highest BCUT2D eigenvalue weighted by Crippen LogP contribution is 2.16. The molecule has 1 rings (SSSR count). The summed E-state index contributed by atoms with van der Waals surface area (Å²) < 4.78 is 0. The van der Waals surface area contributed by atoms with Crippen molar-refractivity contribution < 1.29 is 14.7 Å². The van der Waals surface area contributed by atoms with Crippen molar-refractivity contribution in [2.45, 2.75) is 32.1 Å². The number of carbonyl (C=O) groups is 2. The van der Waals surface area contributed by atoms with Gasteiger partial charge in [-0.05, 0) is 51.7 Å². The van der Waals surface area contributed by atoms with Gasteiger partial charge in [-0.25, -0.2) is 4.79 Å². The van der Waals surface area contributed by atoms with Crippen LogP contribution in [0.4, 0.5) is 4.79 Å². The zero-order valence-corrected chi connectivity index (χ0v) is 12.6. The number of hydrogen-bond acceptors (Lipinski definition) is 3. The predicted octanol–water partition coefficient (Wildman–Crippen LogP) is 1.22. The van der Waals surface area contributed by atoms with Crippen molar-refractivity contribution in [3.8, 4) is 0 Å². The van der Waals surface area contributed by atoms with Crippen LogP contribution in [0.1, 0.15) is 32.1 Å². The molecule has 1 fully saturated rings. The summed E-state index contributed by atoms with van der Waals surface area (Å²) in [6.07, 6.45) is 3.77. The van der Waals surface area contributed by atoms with Crippen molar-refractivity contribution in [1.29, 1.82) is 0 Å². The van der Waals surface area contributed by atoms with Gasteiger partial charge in [-0.15, -0.1) is 0 Å². The molecule has 20 heavy (non-hydrogen) atoms. The maximum atomic E-state index is 11.9. The highest BCUT2D eigenvalue weighted by atomic mass is 16.4. The van der Waals surface area contributed by atoms with Gasteiger partial charge in [0.15, 0.2) is 0 Å². The topological polar surface area (TPSA) is 72.9 Å². The van der Waals surface area contributed by atoms with Gasteiger partial charge in [-0.2, -0.15) is 0 Å². The smallest absolute Gasteiger partial charge is 0.317 e. The van der Waals surface area contributed by atoms with Gasteiger partial charge in [0.25, 0.3) is 0 Å². The highest BCUT2D eigenvalue weighted by molar-refractivity contribution is 5.73. The minimum atomic E-state index is -0.782. The van der Waals surface area contributed by atoms with Crippen molar-refractivity contribution in [3.05, 3.63) is 0 Å². The predicted molar refractivity (Wildman–Crippen MR) is 77.7 cm³/mol. The highest BCUT2D eigenvalue weighted by Gasteiger charge is 2.19. The van der Waals surface area contributed by atoms with Crippen molar-refractivity contribution in [2.75, 3.05) is 40.3 Å². The van der Waals surface area contributed by atoms with Crippen molar-refractivity contribution in [2.24, 2.45) is 5.92 Å². The van der Waals surface area contributed by atoms with Gasteiger partial charge in [-0.3, -0.25) is 4.79 Å². The monoisotopic (exact) mass is 285 g/mol. The number of urea groups is 1. The molecule has 0 atom stereocenters. The summed E-state index contributed by atoms with van der Waals surface area (Å²) in [5.74, 6) is -0.190. The van der Waals surface area contributed by atoms with Gasteiger partial charge in [0.05, 0.1) is 0 Å². The van der Waals surface area contributed by atoms with E-state index in [0.717, 1.165) is 32.5 Å². The first-order chi connectivity index (χ1) is 9.49. The van der Waals surface area contributed by atoms with Crippen LogP contribution in [0.2, 0.25) is 0 Å². The van der Waals surface area contributed by atoms with E-state index in [1.807, 2.05) is 7.05 Å². The Balaban J connectivity index is 2.11. The average molecular weight is 285 g/mol. The molecule has 1 heterocycles. The van der Waals surface area contributed by atoms with E-state index in [4.69, 9.17) is 5.11 Å². The van der Waals surface area contributed by atoms with Crippen LogP contribution in [0, 0.1) is 5.92 Å². The maximum absolute atomic E-state index is 11.9. The lowest BCUT2D eigenvalue weighted by Gasteiger charge is -2.31. The Kier molecular flexibility index (Phi) is 7.36. The molecule has 0 aromatic carbocycles. The van der Waals surface area contributed by atoms with Gasteiger partial charge in [0.1, 0.15) is 0 Å². The molecule has 0 aromatic heterocycles. The summed E-state index contributed by atoms with van der Waals surface area (Å²) in [7, 11) is 3.95. The number of amides is 2. The Morgan fingerprint density at radius 3 is 2.55 bits per heavy atom. The Bertz CT molecular complexity index is 315. The summed E-state index contributed by atoms with van der Waals surface area (Å²) in [5, 5.41) is 11.4. The van der Waals surface area contributed by atoms with Crippen LogP contribution in [-0.2, 0) is 4.79 Å². The molecule has 2 N–H and O–H groups in total. The Morgan fingerprint density at radius 1 is 1.30 bits per heavy atom. The van der Waals surface area contributed by atoms with Crippen LogP contribution in [0.5, 0.6) is 0 Å². The van der Waals surface area contributed by atoms with E-state index >= 15 is 0 Å². The first-order valence-corrected chi connectivity index (χ1v) is 7.38. The van der Waals surface area contributed by atoms with Crippen LogP contribution >= 0.6 is 0 Å². The van der Waals surface area contributed by atoms with E-state index in [2.05, 4.69) is 17.3 Å². The first kappa shape index (κ1) is 16.8. The summed E-state index contributed by atoms with van der Waals surface area (Å²) in [5.41, 5.74) is 0. The first-order valence-electron chi connectivity index (χ1n) is 7.38. The van der Waals surface area contributed by atoms with Crippen molar-refractivity contribution in [3.63, 3.8) is 0 Å². The van der Waals surface area contributed by atoms with Gasteiger partial charge in [0, 0.05) is 26.6 Å². The zero-order chi connectivity index (χ0) is 15.0. The fourth-order valence-electron chi connectivity index (χ4n) is 2.45. The molecule has 0 aromatic rings. The van der Waals surface area contributed by atoms with Crippen LogP contribution < -0.4 is 5.32 Å². The molecule has 1 aliphatic rings. The van der Waals surface area contributed by atoms with E-state index in [1.54, 1.807) is 4.90 Å². The maximum Gasteiger partial charge on any atom is 0.317 e. The number of aliphatic carboxylic acids is 1. The van der Waals surface area contributed by atoms with E-state index in [1.165, 1.54) is 0 Å². The van der Waals surface area contributed by atoms with Gasteiger partial charge >= 0.3 is 12.0 Å². The van der Waals surface area contributed by atoms with Crippen molar-refractivity contribution >= 4 is 12.0 Å². The van der Waals surface area contributed by atoms with Crippen LogP contribution in [-0.4, -0.2) is 67.2 Å². The number of piperidine rings is 1. The second kappa shape index (κ2) is 8.79. The number of nitrogens with zero attached hydrogens (tertiary/aromatic N) is 2. The van der Waals surface area contributed by atoms with E-state index in [9.17, 15) is 9.59 Å². The molecule has 0 saturated carbocycles. The average Bonchev–Trinajstić information content (AvgIpc) is 2.40. The number of carbonyl (C=O) groups excluding carboxylic acids is 1. The third-order valence-electron chi connectivity index (χ3n) is 3.81. The third-order valence-corrected chi connectivity index (χ3v) is 3.81. The summed E-state index contributed by atoms with van der Waals surface area (Å²) >= 11 is 0. The fraction of sp³-hybridized carbons (Fsp3) is 0.857. The lowest BCUT2D eigenvalue weighted by Crippen LogP contribution is -2.42. The Hall–Kier alpha value is -1.30. The lowest BCUT2D eigenvalue weighted by atomic mass is 9.97. The third kappa shape index (κ3) is 6.75. The molecule has 2 amide bonds. The molecule has 6 nitrogen and oxygen atoms in total. The Labute approximate surface area is 121 Å². The number of unbranched alkanes of at least 4 members (excludes halogenated alkanes) is 1. The largest absolute Gasteiger partial charge is 0.481 e. The molecule has 1 aliphatic heterocycles. The summed E-state index contributed by atoms with van der Waals surface area (Å²) in [6, 6.07) is -0.0562. The van der Waals surface area contributed by atoms with Gasteiger partial charge < -0.3 is 20.2 Å². The molecular weight excluding hydrogens is 258 g/mol. The number of rotatable bonds is 7. The molecule has 0 spiro atoms. The normalized spacial score (nSPS) is 16.9. The number of carboxylic acid groups (broad SMARTS) is 1. The second-order valence-electron chi connectivity index (χ2n) is 5.71. The molecule has 0 bridgehead atoms. The number of carboxylic acids is 1. The lowest BCUT2D eigenvalue weighted by molar-refractivity contribution is -0.137. The van der Waals surface area contributed by atoms with Crippen LogP contribution in [0.3, 0.4) is 0 Å². The van der Waals surface area contributed by atoms with Crippen LogP contribution in [0.15, 0.2) is 0 Å². The van der Waals surface area contributed by atoms with Crippen molar-refractivity contribution in [1.82, 2.24) is 15.1 Å². The number of hydrogen-bond donors (Lipinski definition) is 2.